The predicted molar refractivity (Wildman–Crippen MR) is 71.7 cm³/mol. The lowest BCUT2D eigenvalue weighted by molar-refractivity contribution is 0.127. The third-order valence-corrected chi connectivity index (χ3v) is 7.03. The maximum absolute atomic E-state index is 3.78. The van der Waals surface area contributed by atoms with Gasteiger partial charge in [0.1, 0.15) is 0 Å². The quantitative estimate of drug-likeness (QED) is 0.344. The Morgan fingerprint density at radius 2 is 2.21 bits per heavy atom. The van der Waals surface area contributed by atoms with Gasteiger partial charge in [0.25, 0.3) is 0 Å². The smallest absolute Gasteiger partial charge is 0.0210 e. The molecule has 0 aromatic rings. The van der Waals surface area contributed by atoms with Crippen molar-refractivity contribution in [1.82, 2.24) is 0 Å². The first kappa shape index (κ1) is 9.88. The van der Waals surface area contributed by atoms with Crippen LogP contribution in [0.25, 0.3) is 0 Å². The van der Waals surface area contributed by atoms with Crippen molar-refractivity contribution in [2.45, 2.75) is 17.3 Å². The first-order chi connectivity index (χ1) is 6.70. The molecule has 0 saturated heterocycles. The fourth-order valence-electron chi connectivity index (χ4n) is 3.60. The molecule has 0 N–H and O–H groups in total. The van der Waals surface area contributed by atoms with Crippen LogP contribution in [0.1, 0.15) is 13.3 Å². The van der Waals surface area contributed by atoms with E-state index in [4.69, 9.17) is 0 Å². The second kappa shape index (κ2) is 3.34. The minimum absolute atomic E-state index is 0.786. The molecule has 0 radical (unpaired) electrons. The highest BCUT2D eigenvalue weighted by Crippen LogP contribution is 2.58. The summed E-state index contributed by atoms with van der Waals surface area (Å²) >= 11 is 6.44. The van der Waals surface area contributed by atoms with E-state index in [1.807, 2.05) is 0 Å². The van der Waals surface area contributed by atoms with Gasteiger partial charge in [-0.3, -0.25) is 0 Å². The molecule has 4 rings (SSSR count). The summed E-state index contributed by atoms with van der Waals surface area (Å²) < 4.78 is 2.33. The Morgan fingerprint density at radius 1 is 1.43 bits per heavy atom. The molecule has 0 aromatic carbocycles. The average Bonchev–Trinajstić information content (AvgIpc) is 2.61. The number of halogens is 2. The fourth-order valence-corrected chi connectivity index (χ4v) is 5.79. The first-order valence-electron chi connectivity index (χ1n) is 5.38. The molecule has 2 unspecified atom stereocenters. The predicted octanol–water partition coefficient (Wildman–Crippen LogP) is 4.16. The summed E-state index contributed by atoms with van der Waals surface area (Å²) in [5, 5.41) is 0. The van der Waals surface area contributed by atoms with Crippen LogP contribution in [0.15, 0.2) is 22.7 Å². The van der Waals surface area contributed by atoms with Crippen molar-refractivity contribution in [2.24, 2.45) is 29.6 Å². The van der Waals surface area contributed by atoms with Crippen LogP contribution in [-0.4, -0.2) is 3.92 Å². The number of hydrogen-bond acceptors (Lipinski definition) is 0. The third-order valence-electron chi connectivity index (χ3n) is 4.27. The summed E-state index contributed by atoms with van der Waals surface area (Å²) in [5.74, 6) is 4.18. The van der Waals surface area contributed by atoms with Gasteiger partial charge < -0.3 is 0 Å². The highest BCUT2D eigenvalue weighted by Gasteiger charge is 2.51. The maximum Gasteiger partial charge on any atom is 0.0210 e. The summed E-state index contributed by atoms with van der Waals surface area (Å²) in [4.78, 5) is 0. The molecule has 0 nitrogen and oxygen atoms in total. The van der Waals surface area contributed by atoms with Crippen LogP contribution in [0, 0.1) is 29.6 Å². The van der Waals surface area contributed by atoms with Crippen molar-refractivity contribution >= 4 is 38.5 Å². The Kier molecular flexibility index (Phi) is 2.36. The van der Waals surface area contributed by atoms with Gasteiger partial charge in [-0.15, -0.1) is 0 Å². The van der Waals surface area contributed by atoms with Crippen molar-refractivity contribution in [1.29, 1.82) is 0 Å². The van der Waals surface area contributed by atoms with Gasteiger partial charge in [0.2, 0.25) is 0 Å². The van der Waals surface area contributed by atoms with Crippen molar-refractivity contribution in [3.63, 3.8) is 0 Å². The number of hydrogen-bond donors (Lipinski definition) is 0. The molecule has 1 saturated carbocycles. The van der Waals surface area contributed by atoms with Gasteiger partial charge in [0, 0.05) is 3.92 Å². The van der Waals surface area contributed by atoms with Crippen molar-refractivity contribution in [3.05, 3.63) is 22.7 Å². The van der Waals surface area contributed by atoms with E-state index < -0.39 is 0 Å². The Morgan fingerprint density at radius 3 is 3.00 bits per heavy atom. The lowest BCUT2D eigenvalue weighted by Gasteiger charge is -2.50. The van der Waals surface area contributed by atoms with Crippen LogP contribution in [0.5, 0.6) is 0 Å². The largest absolute Gasteiger partial charge is 0.0879 e. The molecule has 0 aromatic heterocycles. The Hall–Kier alpha value is 0.690. The summed E-state index contributed by atoms with van der Waals surface area (Å²) in [6.45, 7) is 2.43. The van der Waals surface area contributed by atoms with Crippen molar-refractivity contribution in [3.8, 4) is 0 Å². The van der Waals surface area contributed by atoms with Gasteiger partial charge in [-0.2, -0.15) is 0 Å². The molecule has 14 heavy (non-hydrogen) atoms. The molecule has 4 aliphatic carbocycles. The minimum atomic E-state index is 0.786. The molecule has 0 amide bonds. The van der Waals surface area contributed by atoms with E-state index in [0.29, 0.717) is 0 Å². The molecule has 0 heterocycles. The zero-order valence-electron chi connectivity index (χ0n) is 8.16. The van der Waals surface area contributed by atoms with Gasteiger partial charge in [-0.25, -0.2) is 0 Å². The molecule has 2 heteroatoms. The average molecular weight is 365 g/mol. The molecule has 0 aliphatic heterocycles. The second-order valence-corrected chi connectivity index (χ2v) is 7.22. The maximum atomic E-state index is 3.78. The van der Waals surface area contributed by atoms with Crippen LogP contribution in [0.3, 0.4) is 0 Å². The van der Waals surface area contributed by atoms with E-state index in [0.717, 1.165) is 33.5 Å². The Bertz CT molecular complexity index is 320. The topological polar surface area (TPSA) is 0 Å². The first-order valence-corrected chi connectivity index (χ1v) is 7.42. The molecule has 2 bridgehead atoms. The van der Waals surface area contributed by atoms with Gasteiger partial charge in [0.05, 0.1) is 0 Å². The molecule has 0 spiro atoms. The summed E-state index contributed by atoms with van der Waals surface area (Å²) in [6.07, 6.45) is 8.66. The van der Waals surface area contributed by atoms with Crippen molar-refractivity contribution < 1.29 is 0 Å². The lowest BCUT2D eigenvalue weighted by Crippen LogP contribution is -2.47. The third kappa shape index (κ3) is 1.16. The van der Waals surface area contributed by atoms with Crippen LogP contribution in [-0.2, 0) is 0 Å². The number of rotatable bonds is 0. The fraction of sp³-hybridized carbons (Fsp3) is 0.667. The summed E-state index contributed by atoms with van der Waals surface area (Å²) in [5.41, 5.74) is 0. The Labute approximate surface area is 107 Å². The van der Waals surface area contributed by atoms with Crippen LogP contribution >= 0.6 is 38.5 Å². The monoisotopic (exact) mass is 364 g/mol. The number of alkyl halides is 1. The van der Waals surface area contributed by atoms with E-state index in [9.17, 15) is 0 Å². The van der Waals surface area contributed by atoms with E-state index >= 15 is 0 Å². The second-order valence-electron chi connectivity index (χ2n) is 4.86. The van der Waals surface area contributed by atoms with Gasteiger partial charge in [-0.05, 0) is 40.5 Å². The van der Waals surface area contributed by atoms with E-state index in [2.05, 4.69) is 63.7 Å². The highest BCUT2D eigenvalue weighted by molar-refractivity contribution is 14.1. The molecular formula is C12H14BrI. The van der Waals surface area contributed by atoms with Crippen LogP contribution in [0.2, 0.25) is 0 Å². The van der Waals surface area contributed by atoms with E-state index in [1.54, 1.807) is 0 Å². The van der Waals surface area contributed by atoms with Gasteiger partial charge in [-0.1, -0.05) is 63.7 Å². The van der Waals surface area contributed by atoms with Crippen LogP contribution < -0.4 is 0 Å². The van der Waals surface area contributed by atoms with Gasteiger partial charge >= 0.3 is 0 Å². The molecule has 6 atom stereocenters. The number of fused-ring (bicyclic) bond motifs is 1. The SMILES string of the molecule is CC1C(I)[C@H]2C=C(Br)[C@@H]1[C@@H]1CC=C[C@@H]12. The zero-order valence-corrected chi connectivity index (χ0v) is 11.9. The molecule has 4 aliphatic rings. The summed E-state index contributed by atoms with van der Waals surface area (Å²) in [6, 6.07) is 0. The van der Waals surface area contributed by atoms with Crippen molar-refractivity contribution in [2.75, 3.05) is 0 Å². The molecule has 1 fully saturated rings. The van der Waals surface area contributed by atoms with E-state index in [1.165, 1.54) is 10.9 Å². The number of allylic oxidation sites excluding steroid dienone is 4. The highest BCUT2D eigenvalue weighted by atomic mass is 127. The zero-order chi connectivity index (χ0) is 9.87. The van der Waals surface area contributed by atoms with Crippen LogP contribution in [0.4, 0.5) is 0 Å². The minimum Gasteiger partial charge on any atom is -0.0879 e. The standard InChI is InChI=1S/C12H14BrI/c1-6-11-8-4-2-3-7(8)9(12(6)14)5-10(11)13/h2-3,5-9,11-12H,4H2,1H3/t6?,7-,8+,9-,11-,12?/m0/s1. The van der Waals surface area contributed by atoms with Gasteiger partial charge in [0.15, 0.2) is 0 Å². The summed E-state index contributed by atoms with van der Waals surface area (Å²) in [7, 11) is 0. The lowest BCUT2D eigenvalue weighted by atomic mass is 9.59. The Balaban J connectivity index is 2.06. The molecular weight excluding hydrogens is 351 g/mol. The molecule has 76 valence electrons. The van der Waals surface area contributed by atoms with E-state index in [-0.39, 0.29) is 0 Å². The normalized spacial score (nSPS) is 54.6.